The number of carbonyl (C=O) groups is 1. The van der Waals surface area contributed by atoms with E-state index in [1.54, 1.807) is 32.6 Å². The maximum absolute atomic E-state index is 15.2. The Morgan fingerprint density at radius 2 is 1.91 bits per heavy atom. The number of benzene rings is 1. The van der Waals surface area contributed by atoms with Crippen LogP contribution in [0.5, 0.6) is 5.75 Å². The molecule has 0 saturated carbocycles. The molecule has 186 valence electrons. The standard InChI is InChI=1S/C23H28Cl2FN3O4S/c1-12-9-16(30)17(19(26)18(12)25)20(28-34(33)23(2,3)4)13-5-7-29(8-6-13)22(32)14-10-15(24)21(31)27-11-14/h9-11,13,20,28,30H,5-8H2,1-4H3,(H,27,31)/t20-,34?/m1/s1. The Kier molecular flexibility index (Phi) is 8.12. The summed E-state index contributed by atoms with van der Waals surface area (Å²) < 4.78 is 30.6. The molecule has 1 aliphatic rings. The molecule has 0 radical (unpaired) electrons. The van der Waals surface area contributed by atoms with Gasteiger partial charge in [0.1, 0.15) is 10.8 Å². The highest BCUT2D eigenvalue weighted by molar-refractivity contribution is 7.84. The smallest absolute Gasteiger partial charge is 0.266 e. The molecule has 0 bridgehead atoms. The van der Waals surface area contributed by atoms with Gasteiger partial charge in [-0.15, -0.1) is 0 Å². The van der Waals surface area contributed by atoms with Crippen molar-refractivity contribution in [3.8, 4) is 5.75 Å². The summed E-state index contributed by atoms with van der Waals surface area (Å²) in [4.78, 5) is 28.4. The number of aromatic amines is 1. The monoisotopic (exact) mass is 531 g/mol. The van der Waals surface area contributed by atoms with E-state index in [1.165, 1.54) is 18.3 Å². The van der Waals surface area contributed by atoms with Gasteiger partial charge in [0.15, 0.2) is 5.82 Å². The first-order valence-corrected chi connectivity index (χ1v) is 12.7. The summed E-state index contributed by atoms with van der Waals surface area (Å²) in [7, 11) is -1.55. The van der Waals surface area contributed by atoms with Crippen LogP contribution in [0.4, 0.5) is 4.39 Å². The number of rotatable bonds is 5. The van der Waals surface area contributed by atoms with E-state index in [-0.39, 0.29) is 38.7 Å². The molecule has 1 amide bonds. The van der Waals surface area contributed by atoms with E-state index in [0.29, 0.717) is 31.5 Å². The van der Waals surface area contributed by atoms with Gasteiger partial charge in [0, 0.05) is 24.8 Å². The summed E-state index contributed by atoms with van der Waals surface area (Å²) in [5.41, 5.74) is 0.165. The van der Waals surface area contributed by atoms with Crippen LogP contribution in [0.1, 0.15) is 61.1 Å². The molecule has 1 aromatic carbocycles. The number of carbonyl (C=O) groups excluding carboxylic acids is 1. The number of halogens is 3. The van der Waals surface area contributed by atoms with Crippen LogP contribution in [-0.2, 0) is 11.0 Å². The number of amides is 1. The number of hydrogen-bond donors (Lipinski definition) is 3. The number of aromatic nitrogens is 1. The maximum atomic E-state index is 15.2. The van der Waals surface area contributed by atoms with Gasteiger partial charge in [-0.3, -0.25) is 9.59 Å². The van der Waals surface area contributed by atoms with Gasteiger partial charge >= 0.3 is 0 Å². The SMILES string of the molecule is Cc1cc(O)c([C@H](NS(=O)C(C)(C)C)C2CCN(C(=O)c3c[nH]c(=O)c(Cl)c3)CC2)c(F)c1Cl. The second-order valence-corrected chi connectivity index (χ2v) is 12.2. The molecule has 3 rings (SSSR count). The molecule has 11 heteroatoms. The number of H-pyrrole nitrogens is 1. The van der Waals surface area contributed by atoms with Crippen molar-refractivity contribution in [2.45, 2.75) is 51.3 Å². The molecule has 2 heterocycles. The lowest BCUT2D eigenvalue weighted by Crippen LogP contribution is -2.44. The lowest BCUT2D eigenvalue weighted by atomic mass is 9.85. The number of aryl methyl sites for hydroxylation is 1. The van der Waals surface area contributed by atoms with Crippen molar-refractivity contribution >= 4 is 40.1 Å². The lowest BCUT2D eigenvalue weighted by molar-refractivity contribution is 0.0673. The van der Waals surface area contributed by atoms with Crippen LogP contribution in [-0.4, -0.2) is 42.9 Å². The highest BCUT2D eigenvalue weighted by Crippen LogP contribution is 2.41. The number of hydrogen-bond acceptors (Lipinski definition) is 4. The predicted octanol–water partition coefficient (Wildman–Crippen LogP) is 4.48. The molecule has 1 unspecified atom stereocenters. The van der Waals surface area contributed by atoms with Gasteiger partial charge in [-0.2, -0.15) is 0 Å². The van der Waals surface area contributed by atoms with Crippen molar-refractivity contribution in [1.29, 1.82) is 0 Å². The fraction of sp³-hybridized carbons (Fsp3) is 0.478. The van der Waals surface area contributed by atoms with Gasteiger partial charge in [-0.05, 0) is 64.2 Å². The number of likely N-dealkylation sites (tertiary alicyclic amines) is 1. The zero-order valence-corrected chi connectivity index (χ0v) is 21.7. The summed E-state index contributed by atoms with van der Waals surface area (Å²) >= 11 is 12.0. The molecule has 34 heavy (non-hydrogen) atoms. The largest absolute Gasteiger partial charge is 0.507 e. The third-order valence-electron chi connectivity index (χ3n) is 5.91. The number of pyridine rings is 1. The third-order valence-corrected chi connectivity index (χ3v) is 8.23. The van der Waals surface area contributed by atoms with Crippen LogP contribution in [0, 0.1) is 18.7 Å². The summed E-state index contributed by atoms with van der Waals surface area (Å²) in [6, 6.07) is 1.94. The highest BCUT2D eigenvalue weighted by Gasteiger charge is 2.36. The molecule has 1 saturated heterocycles. The van der Waals surface area contributed by atoms with Gasteiger partial charge in [0.2, 0.25) is 0 Å². The first-order chi connectivity index (χ1) is 15.8. The number of piperidine rings is 1. The number of aromatic hydroxyl groups is 1. The molecular weight excluding hydrogens is 504 g/mol. The molecular formula is C23H28Cl2FN3O4S. The van der Waals surface area contributed by atoms with Crippen molar-refractivity contribution in [3.63, 3.8) is 0 Å². The van der Waals surface area contributed by atoms with E-state index >= 15 is 4.39 Å². The Bertz CT molecular complexity index is 1170. The van der Waals surface area contributed by atoms with Crippen molar-refractivity contribution in [1.82, 2.24) is 14.6 Å². The van der Waals surface area contributed by atoms with E-state index in [9.17, 15) is 18.9 Å². The Hall–Kier alpha value is -1.94. The number of nitrogens with zero attached hydrogens (tertiary/aromatic N) is 1. The molecule has 0 spiro atoms. The summed E-state index contributed by atoms with van der Waals surface area (Å²) in [6.07, 6.45) is 2.25. The lowest BCUT2D eigenvalue weighted by Gasteiger charge is -2.37. The Morgan fingerprint density at radius 1 is 1.29 bits per heavy atom. The zero-order chi connectivity index (χ0) is 25.4. The first kappa shape index (κ1) is 26.7. The van der Waals surface area contributed by atoms with Crippen molar-refractivity contribution < 1.29 is 18.5 Å². The summed E-state index contributed by atoms with van der Waals surface area (Å²) in [6.45, 7) is 7.68. The quantitative estimate of drug-likeness (QED) is 0.529. The molecule has 2 aromatic rings. The normalized spacial score (nSPS) is 17.0. The average molecular weight is 532 g/mol. The van der Waals surface area contributed by atoms with Crippen LogP contribution in [0.15, 0.2) is 23.1 Å². The van der Waals surface area contributed by atoms with Gasteiger partial charge in [-0.25, -0.2) is 13.3 Å². The minimum atomic E-state index is -1.55. The van der Waals surface area contributed by atoms with E-state index in [4.69, 9.17) is 23.2 Å². The topological polar surface area (TPSA) is 102 Å². The van der Waals surface area contributed by atoms with Crippen LogP contribution < -0.4 is 10.3 Å². The van der Waals surface area contributed by atoms with E-state index in [2.05, 4.69) is 9.71 Å². The number of phenols is 1. The minimum absolute atomic E-state index is 0.0228. The molecule has 3 N–H and O–H groups in total. The average Bonchev–Trinajstić information content (AvgIpc) is 2.77. The van der Waals surface area contributed by atoms with Crippen LogP contribution in [0.2, 0.25) is 10.0 Å². The van der Waals surface area contributed by atoms with Gasteiger partial charge in [0.05, 0.1) is 32.4 Å². The molecule has 1 fully saturated rings. The zero-order valence-electron chi connectivity index (χ0n) is 19.4. The van der Waals surface area contributed by atoms with E-state index < -0.39 is 33.2 Å². The molecule has 1 aliphatic heterocycles. The minimum Gasteiger partial charge on any atom is -0.507 e. The van der Waals surface area contributed by atoms with Gasteiger partial charge in [0.25, 0.3) is 11.5 Å². The Balaban J connectivity index is 1.87. The second kappa shape index (κ2) is 10.4. The van der Waals surface area contributed by atoms with Gasteiger partial charge < -0.3 is 15.0 Å². The number of phenolic OH excluding ortho intramolecular Hbond substituents is 1. The maximum Gasteiger partial charge on any atom is 0.266 e. The van der Waals surface area contributed by atoms with Crippen molar-refractivity contribution in [2.75, 3.05) is 13.1 Å². The molecule has 1 aromatic heterocycles. The van der Waals surface area contributed by atoms with E-state index in [1.807, 2.05) is 0 Å². The number of nitrogens with one attached hydrogen (secondary N) is 2. The fourth-order valence-electron chi connectivity index (χ4n) is 3.93. The van der Waals surface area contributed by atoms with Crippen LogP contribution >= 0.6 is 23.2 Å². The van der Waals surface area contributed by atoms with E-state index in [0.717, 1.165) is 0 Å². The second-order valence-electron chi connectivity index (χ2n) is 9.43. The first-order valence-electron chi connectivity index (χ1n) is 10.8. The third kappa shape index (κ3) is 5.64. The predicted molar refractivity (Wildman–Crippen MR) is 132 cm³/mol. The Morgan fingerprint density at radius 3 is 2.47 bits per heavy atom. The summed E-state index contributed by atoms with van der Waals surface area (Å²) in [5, 5.41) is 10.4. The molecule has 0 aliphatic carbocycles. The highest BCUT2D eigenvalue weighted by atomic mass is 35.5. The van der Waals surface area contributed by atoms with Crippen molar-refractivity contribution in [3.05, 3.63) is 61.2 Å². The molecule has 2 atom stereocenters. The Labute approximate surface area is 210 Å². The van der Waals surface area contributed by atoms with Crippen molar-refractivity contribution in [2.24, 2.45) is 5.92 Å². The summed E-state index contributed by atoms with van der Waals surface area (Å²) in [5.74, 6) is -1.52. The molecule has 7 nitrogen and oxygen atoms in total. The van der Waals surface area contributed by atoms with Crippen LogP contribution in [0.3, 0.4) is 0 Å². The fourth-order valence-corrected chi connectivity index (χ4v) is 5.15. The van der Waals surface area contributed by atoms with Gasteiger partial charge in [-0.1, -0.05) is 23.2 Å². The van der Waals surface area contributed by atoms with Crippen LogP contribution in [0.25, 0.3) is 0 Å².